The minimum atomic E-state index is -3.53. The second-order valence-electron chi connectivity index (χ2n) is 13.0. The zero-order valence-corrected chi connectivity index (χ0v) is 29.0. The van der Waals surface area contributed by atoms with Crippen LogP contribution in [-0.2, 0) is 24.0 Å². The summed E-state index contributed by atoms with van der Waals surface area (Å²) >= 11 is 0. The average Bonchev–Trinajstić information content (AvgIpc) is 3.49. The Hall–Kier alpha value is -5.11. The zero-order chi connectivity index (χ0) is 35.6. The lowest BCUT2D eigenvalue weighted by Crippen LogP contribution is -2.44. The lowest BCUT2D eigenvalue weighted by atomic mass is 10.1. The number of nitrogens with zero attached hydrogens (tertiary/aromatic N) is 4. The molecule has 0 aliphatic heterocycles. The van der Waals surface area contributed by atoms with Crippen molar-refractivity contribution in [2.24, 2.45) is 0 Å². The van der Waals surface area contributed by atoms with E-state index in [9.17, 15) is 22.8 Å². The Morgan fingerprint density at radius 1 is 0.833 bits per heavy atom. The topological polar surface area (TPSA) is 168 Å². The van der Waals surface area contributed by atoms with Gasteiger partial charge in [-0.05, 0) is 79.7 Å². The highest BCUT2D eigenvalue weighted by Gasteiger charge is 2.37. The first-order valence-corrected chi connectivity index (χ1v) is 16.5. The van der Waals surface area contributed by atoms with Gasteiger partial charge in [0.2, 0.25) is 0 Å². The third-order valence-corrected chi connectivity index (χ3v) is 8.71. The molecule has 2 aromatic carbocycles. The molecule has 0 radical (unpaired) electrons. The molecule has 13 nitrogen and oxygen atoms in total. The van der Waals surface area contributed by atoms with Gasteiger partial charge in [0.15, 0.2) is 27.1 Å². The second-order valence-corrected chi connectivity index (χ2v) is 15.5. The summed E-state index contributed by atoms with van der Waals surface area (Å²) in [5, 5.41) is 3.53. The Balaban J connectivity index is 1.91. The van der Waals surface area contributed by atoms with Crippen LogP contribution in [0.5, 0.6) is 0 Å². The molecule has 0 bridgehead atoms. The maximum absolute atomic E-state index is 13.6. The molecule has 14 heteroatoms. The Morgan fingerprint density at radius 3 is 1.98 bits per heavy atom. The van der Waals surface area contributed by atoms with Crippen molar-refractivity contribution >= 4 is 33.8 Å². The van der Waals surface area contributed by atoms with E-state index in [4.69, 9.17) is 23.7 Å². The first-order valence-electron chi connectivity index (χ1n) is 14.9. The number of anilines is 1. The van der Waals surface area contributed by atoms with Gasteiger partial charge in [0.25, 0.3) is 0 Å². The van der Waals surface area contributed by atoms with E-state index in [1.165, 1.54) is 31.5 Å². The van der Waals surface area contributed by atoms with Crippen LogP contribution in [0.25, 0.3) is 34.0 Å². The number of imide groups is 1. The number of benzene rings is 2. The Bertz CT molecular complexity index is 1910. The van der Waals surface area contributed by atoms with Crippen LogP contribution in [0.1, 0.15) is 65.7 Å². The third-order valence-electron chi connectivity index (χ3n) is 6.54. The van der Waals surface area contributed by atoms with Gasteiger partial charge in [-0.15, -0.1) is 0 Å². The summed E-state index contributed by atoms with van der Waals surface area (Å²) in [5.41, 5.74) is -0.210. The van der Waals surface area contributed by atoms with Gasteiger partial charge in [0.05, 0.1) is 34.7 Å². The molecule has 0 fully saturated rings. The molecule has 0 atom stereocenters. The molecule has 4 rings (SSSR count). The van der Waals surface area contributed by atoms with E-state index in [0.29, 0.717) is 21.7 Å². The molecule has 0 saturated heterocycles. The average molecular weight is 679 g/mol. The fraction of sp³-hybridized carbons (Fsp3) is 0.353. The van der Waals surface area contributed by atoms with E-state index in [1.807, 2.05) is 0 Å². The highest BCUT2D eigenvalue weighted by molar-refractivity contribution is 7.92. The smallest absolute Gasteiger partial charge is 0.425 e. The number of hydrogen-bond acceptors (Lipinski definition) is 12. The van der Waals surface area contributed by atoms with Gasteiger partial charge in [-0.2, -0.15) is 4.90 Å². The van der Waals surface area contributed by atoms with Gasteiger partial charge in [-0.1, -0.05) is 29.4 Å². The van der Waals surface area contributed by atoms with Gasteiger partial charge in [0, 0.05) is 17.2 Å². The lowest BCUT2D eigenvalue weighted by molar-refractivity contribution is 0.0428. The summed E-state index contributed by atoms with van der Waals surface area (Å²) in [6, 6.07) is 14.1. The number of amides is 2. The molecule has 4 aromatic rings. The minimum Gasteiger partial charge on any atom is -0.465 e. The molecule has 2 heterocycles. The molecule has 2 aromatic heterocycles. The Morgan fingerprint density at radius 2 is 1.44 bits per heavy atom. The number of ether oxygens (including phenoxy) is 3. The summed E-state index contributed by atoms with van der Waals surface area (Å²) in [7, 11) is -2.25. The van der Waals surface area contributed by atoms with Gasteiger partial charge in [-0.3, -0.25) is 0 Å². The van der Waals surface area contributed by atoms with Crippen molar-refractivity contribution in [2.75, 3.05) is 12.0 Å². The highest BCUT2D eigenvalue weighted by atomic mass is 32.2. The Kier molecular flexibility index (Phi) is 10.1. The molecule has 2 amide bonds. The molecular weight excluding hydrogens is 640 g/mol. The van der Waals surface area contributed by atoms with Crippen LogP contribution < -0.4 is 4.90 Å². The lowest BCUT2D eigenvalue weighted by Gasteiger charge is -2.28. The van der Waals surface area contributed by atoms with E-state index in [2.05, 4.69) is 10.1 Å². The zero-order valence-electron chi connectivity index (χ0n) is 28.2. The molecule has 0 unspecified atom stereocenters. The van der Waals surface area contributed by atoms with Crippen LogP contribution in [0.15, 0.2) is 70.2 Å². The van der Waals surface area contributed by atoms with Crippen LogP contribution in [0.3, 0.4) is 0 Å². The maximum atomic E-state index is 13.6. The van der Waals surface area contributed by atoms with Crippen LogP contribution in [0.4, 0.5) is 15.4 Å². The van der Waals surface area contributed by atoms with E-state index in [-0.39, 0.29) is 33.4 Å². The molecule has 0 aliphatic carbocycles. The molecule has 254 valence electrons. The van der Waals surface area contributed by atoms with E-state index < -0.39 is 44.4 Å². The van der Waals surface area contributed by atoms with Crippen molar-refractivity contribution in [3.05, 3.63) is 66.4 Å². The largest absolute Gasteiger partial charge is 0.465 e. The van der Waals surface area contributed by atoms with Gasteiger partial charge >= 0.3 is 18.2 Å². The van der Waals surface area contributed by atoms with Crippen LogP contribution in [0.2, 0.25) is 0 Å². The predicted octanol–water partition coefficient (Wildman–Crippen LogP) is 7.11. The molecule has 48 heavy (non-hydrogen) atoms. The number of carbonyl (C=O) groups excluding carboxylic acids is 3. The van der Waals surface area contributed by atoms with E-state index in [1.54, 1.807) is 91.8 Å². The van der Waals surface area contributed by atoms with Crippen molar-refractivity contribution in [1.82, 2.24) is 15.1 Å². The number of carbonyl (C=O) groups is 3. The fourth-order valence-corrected chi connectivity index (χ4v) is 5.31. The molecule has 0 saturated carbocycles. The van der Waals surface area contributed by atoms with Gasteiger partial charge in [0.1, 0.15) is 16.9 Å². The predicted molar refractivity (Wildman–Crippen MR) is 177 cm³/mol. The van der Waals surface area contributed by atoms with E-state index in [0.717, 1.165) is 0 Å². The Labute approximate surface area is 279 Å². The maximum Gasteiger partial charge on any atom is 0.425 e. The van der Waals surface area contributed by atoms with Crippen molar-refractivity contribution in [1.29, 1.82) is 0 Å². The SMILES string of the molecule is COC(=O)c1cccc(-c2cc(-c3nc(-c4ccc(S(=O)(=O)C(C)C)cc4)cnc3N(C(=O)OC(C)(C)C)C(=O)OC(C)(C)C)on2)c1. The molecule has 0 spiro atoms. The number of rotatable bonds is 7. The summed E-state index contributed by atoms with van der Waals surface area (Å²) in [4.78, 5) is 49.2. The highest BCUT2D eigenvalue weighted by Crippen LogP contribution is 2.35. The monoisotopic (exact) mass is 678 g/mol. The van der Waals surface area contributed by atoms with E-state index >= 15 is 0 Å². The van der Waals surface area contributed by atoms with Crippen molar-refractivity contribution in [3.8, 4) is 34.0 Å². The van der Waals surface area contributed by atoms with Crippen LogP contribution in [0, 0.1) is 0 Å². The number of sulfone groups is 1. The fourth-order valence-electron chi connectivity index (χ4n) is 4.25. The number of esters is 1. The normalized spacial score (nSPS) is 12.0. The first-order chi connectivity index (χ1) is 22.3. The molecule has 0 aliphatic rings. The van der Waals surface area contributed by atoms with Crippen molar-refractivity contribution in [2.45, 2.75) is 76.7 Å². The first kappa shape index (κ1) is 35.7. The third kappa shape index (κ3) is 8.23. The summed E-state index contributed by atoms with van der Waals surface area (Å²) in [5.74, 6) is -0.805. The molecular formula is C34H38N4O9S. The summed E-state index contributed by atoms with van der Waals surface area (Å²) in [6.07, 6.45) is -0.827. The summed E-state index contributed by atoms with van der Waals surface area (Å²) < 4.78 is 47.0. The van der Waals surface area contributed by atoms with Crippen LogP contribution in [-0.4, -0.2) is 65.3 Å². The standard InChI is InChI=1S/C34H38N4O9S/c1-20(2)48(42,43)24-15-13-21(14-16-24)26-19-35-29(38(31(40)45-33(3,4)5)32(41)46-34(6,7)8)28(36-26)27-18-25(37-47-27)22-11-10-12-23(17-22)30(39)44-9/h10-20H,1-9H3. The van der Waals surface area contributed by atoms with Gasteiger partial charge in [-0.25, -0.2) is 32.8 Å². The van der Waals surface area contributed by atoms with Crippen molar-refractivity contribution in [3.63, 3.8) is 0 Å². The van der Waals surface area contributed by atoms with Crippen molar-refractivity contribution < 1.29 is 41.5 Å². The van der Waals surface area contributed by atoms with Crippen LogP contribution >= 0.6 is 0 Å². The second kappa shape index (κ2) is 13.6. The minimum absolute atomic E-state index is 0.00828. The number of hydrogen-bond donors (Lipinski definition) is 0. The quantitative estimate of drug-likeness (QED) is 0.144. The number of methoxy groups -OCH3 is 1. The number of aromatic nitrogens is 3. The summed E-state index contributed by atoms with van der Waals surface area (Å²) in [6.45, 7) is 13.0. The molecule has 0 N–H and O–H groups in total. The van der Waals surface area contributed by atoms with Gasteiger partial charge < -0.3 is 18.7 Å².